The maximum absolute atomic E-state index is 12.3. The number of rotatable bonds is 5. The molecule has 26 heavy (non-hydrogen) atoms. The minimum absolute atomic E-state index is 0.234. The molecular formula is C21H28O5. The van der Waals surface area contributed by atoms with Gasteiger partial charge < -0.3 is 14.6 Å². The molecule has 2 aliphatic rings. The van der Waals surface area contributed by atoms with Crippen molar-refractivity contribution in [2.75, 3.05) is 6.61 Å². The van der Waals surface area contributed by atoms with E-state index in [4.69, 9.17) is 9.47 Å². The van der Waals surface area contributed by atoms with E-state index in [1.54, 1.807) is 6.08 Å². The van der Waals surface area contributed by atoms with Crippen molar-refractivity contribution in [3.05, 3.63) is 47.3 Å². The van der Waals surface area contributed by atoms with E-state index in [9.17, 15) is 14.7 Å². The highest BCUT2D eigenvalue weighted by atomic mass is 16.6. The molecule has 0 saturated carbocycles. The number of hydrogen-bond donors (Lipinski definition) is 1. The van der Waals surface area contributed by atoms with Crippen LogP contribution < -0.4 is 0 Å². The second-order valence-corrected chi connectivity index (χ2v) is 7.28. The van der Waals surface area contributed by atoms with Gasteiger partial charge in [-0.05, 0) is 43.6 Å². The molecule has 0 radical (unpaired) electrons. The number of carbonyl (C=O) groups excluding carboxylic acids is 2. The predicted molar refractivity (Wildman–Crippen MR) is 99.1 cm³/mol. The van der Waals surface area contributed by atoms with E-state index < -0.39 is 23.5 Å². The highest BCUT2D eigenvalue weighted by molar-refractivity contribution is 5.99. The number of allylic oxidation sites excluding steroid dienone is 5. The SMILES string of the molecule is CC[C@H](C)/C=C(C)\C=C\C1=CC2=CC(=O)[C@](C)(O)[C@H](OC(C)=O)[C@H]2CO1. The zero-order valence-corrected chi connectivity index (χ0v) is 16.1. The molecular weight excluding hydrogens is 332 g/mol. The fourth-order valence-electron chi connectivity index (χ4n) is 3.14. The number of esters is 1. The van der Waals surface area contributed by atoms with E-state index in [0.29, 0.717) is 17.3 Å². The van der Waals surface area contributed by atoms with E-state index in [1.165, 1.54) is 19.9 Å². The molecule has 0 fully saturated rings. The van der Waals surface area contributed by atoms with Gasteiger partial charge in [0, 0.05) is 6.92 Å². The van der Waals surface area contributed by atoms with E-state index in [-0.39, 0.29) is 12.5 Å². The van der Waals surface area contributed by atoms with Crippen LogP contribution in [0.1, 0.15) is 41.0 Å². The van der Waals surface area contributed by atoms with Gasteiger partial charge in [0.15, 0.2) is 11.4 Å². The van der Waals surface area contributed by atoms with Crippen LogP contribution in [-0.2, 0) is 19.1 Å². The molecule has 1 heterocycles. The zero-order chi connectivity index (χ0) is 19.5. The molecule has 0 aromatic rings. The Balaban J connectivity index is 2.25. The Morgan fingerprint density at radius 3 is 2.77 bits per heavy atom. The first-order chi connectivity index (χ1) is 12.1. The van der Waals surface area contributed by atoms with Gasteiger partial charge in [-0.15, -0.1) is 0 Å². The third-order valence-electron chi connectivity index (χ3n) is 4.88. The van der Waals surface area contributed by atoms with Crippen molar-refractivity contribution in [2.45, 2.75) is 52.7 Å². The van der Waals surface area contributed by atoms with Gasteiger partial charge in [-0.2, -0.15) is 0 Å². The average molecular weight is 360 g/mol. The first kappa shape index (κ1) is 20.2. The van der Waals surface area contributed by atoms with Crippen LogP contribution in [0.25, 0.3) is 0 Å². The van der Waals surface area contributed by atoms with Crippen LogP contribution in [0.15, 0.2) is 47.3 Å². The molecule has 0 bridgehead atoms. The highest BCUT2D eigenvalue weighted by Gasteiger charge is 2.50. The maximum Gasteiger partial charge on any atom is 0.303 e. The van der Waals surface area contributed by atoms with Gasteiger partial charge in [0.2, 0.25) is 0 Å². The fraction of sp³-hybridized carbons (Fsp3) is 0.524. The van der Waals surface area contributed by atoms with Gasteiger partial charge in [0.05, 0.1) is 12.5 Å². The molecule has 2 rings (SSSR count). The van der Waals surface area contributed by atoms with Crippen molar-refractivity contribution >= 4 is 11.8 Å². The number of hydrogen-bond acceptors (Lipinski definition) is 5. The van der Waals surface area contributed by atoms with Gasteiger partial charge in [0.25, 0.3) is 0 Å². The number of fused-ring (bicyclic) bond motifs is 1. The predicted octanol–water partition coefficient (Wildman–Crippen LogP) is 3.26. The number of carbonyl (C=O) groups is 2. The molecule has 5 heteroatoms. The lowest BCUT2D eigenvalue weighted by atomic mass is 9.75. The Morgan fingerprint density at radius 2 is 2.15 bits per heavy atom. The molecule has 0 aromatic heterocycles. The third kappa shape index (κ3) is 4.52. The zero-order valence-electron chi connectivity index (χ0n) is 16.1. The molecule has 1 aliphatic carbocycles. The lowest BCUT2D eigenvalue weighted by Gasteiger charge is -2.41. The van der Waals surface area contributed by atoms with Gasteiger partial charge in [-0.1, -0.05) is 38.0 Å². The Kier molecular flexibility index (Phi) is 6.24. The lowest BCUT2D eigenvalue weighted by molar-refractivity contribution is -0.174. The molecule has 0 aromatic carbocycles. The highest BCUT2D eigenvalue weighted by Crippen LogP contribution is 2.37. The number of aliphatic hydroxyl groups is 1. The normalized spacial score (nSPS) is 30.2. The molecule has 0 amide bonds. The largest absolute Gasteiger partial charge is 0.493 e. The van der Waals surface area contributed by atoms with Crippen LogP contribution in [0.4, 0.5) is 0 Å². The van der Waals surface area contributed by atoms with Crippen LogP contribution in [0.3, 0.4) is 0 Å². The molecule has 0 unspecified atom stereocenters. The van der Waals surface area contributed by atoms with Gasteiger partial charge in [-0.3, -0.25) is 9.59 Å². The van der Waals surface area contributed by atoms with Crippen molar-refractivity contribution in [1.29, 1.82) is 0 Å². The minimum atomic E-state index is -1.75. The molecule has 1 N–H and O–H groups in total. The smallest absolute Gasteiger partial charge is 0.303 e. The molecule has 0 spiro atoms. The van der Waals surface area contributed by atoms with E-state index in [0.717, 1.165) is 12.0 Å². The lowest BCUT2D eigenvalue weighted by Crippen LogP contribution is -2.56. The molecule has 4 atom stereocenters. The van der Waals surface area contributed by atoms with Crippen molar-refractivity contribution < 1.29 is 24.2 Å². The van der Waals surface area contributed by atoms with E-state index in [2.05, 4.69) is 19.9 Å². The van der Waals surface area contributed by atoms with Crippen molar-refractivity contribution in [1.82, 2.24) is 0 Å². The van der Waals surface area contributed by atoms with Crippen LogP contribution in [0, 0.1) is 11.8 Å². The van der Waals surface area contributed by atoms with Crippen molar-refractivity contribution in [3.63, 3.8) is 0 Å². The average Bonchev–Trinajstić information content (AvgIpc) is 2.57. The molecule has 5 nitrogen and oxygen atoms in total. The summed E-state index contributed by atoms with van der Waals surface area (Å²) in [6.45, 7) is 9.21. The quantitative estimate of drug-likeness (QED) is 0.602. The van der Waals surface area contributed by atoms with Gasteiger partial charge in [0.1, 0.15) is 11.9 Å². The van der Waals surface area contributed by atoms with Crippen LogP contribution in [0.5, 0.6) is 0 Å². The molecule has 0 saturated heterocycles. The summed E-state index contributed by atoms with van der Waals surface area (Å²) < 4.78 is 11.0. The topological polar surface area (TPSA) is 72.8 Å². The maximum atomic E-state index is 12.3. The summed E-state index contributed by atoms with van der Waals surface area (Å²) in [6.07, 6.45) is 9.35. The standard InChI is InChI=1S/C21H28O5/c1-6-13(2)9-14(3)7-8-17-10-16-11-19(23)21(5,24)20(26-15(4)22)18(16)12-25-17/h7-11,13,18,20,24H,6,12H2,1-5H3/b8-7+,14-9-/t13-,18-,20+,21-/m0/s1. The second kappa shape index (κ2) is 8.04. The summed E-state index contributed by atoms with van der Waals surface area (Å²) in [5.74, 6) is -0.231. The Hall–Kier alpha value is -2.14. The number of ketones is 1. The first-order valence-corrected chi connectivity index (χ1v) is 9.01. The Bertz CT molecular complexity index is 693. The Labute approximate surface area is 155 Å². The summed E-state index contributed by atoms with van der Waals surface area (Å²) in [5, 5.41) is 10.5. The molecule has 1 aliphatic heterocycles. The molecule has 142 valence electrons. The van der Waals surface area contributed by atoms with Gasteiger partial charge in [-0.25, -0.2) is 0 Å². The third-order valence-corrected chi connectivity index (χ3v) is 4.88. The summed E-state index contributed by atoms with van der Waals surface area (Å²) in [5.41, 5.74) is 0.0997. The number of ether oxygens (including phenoxy) is 2. The van der Waals surface area contributed by atoms with E-state index in [1.807, 2.05) is 19.1 Å². The van der Waals surface area contributed by atoms with Crippen LogP contribution >= 0.6 is 0 Å². The van der Waals surface area contributed by atoms with Crippen LogP contribution in [0.2, 0.25) is 0 Å². The second-order valence-electron chi connectivity index (χ2n) is 7.28. The summed E-state index contributed by atoms with van der Waals surface area (Å²) in [6, 6.07) is 0. The minimum Gasteiger partial charge on any atom is -0.493 e. The van der Waals surface area contributed by atoms with Crippen LogP contribution in [-0.4, -0.2) is 35.2 Å². The van der Waals surface area contributed by atoms with Crippen molar-refractivity contribution in [3.8, 4) is 0 Å². The van der Waals surface area contributed by atoms with Crippen molar-refractivity contribution in [2.24, 2.45) is 11.8 Å². The summed E-state index contributed by atoms with van der Waals surface area (Å²) in [7, 11) is 0. The Morgan fingerprint density at radius 1 is 1.46 bits per heavy atom. The van der Waals surface area contributed by atoms with Gasteiger partial charge >= 0.3 is 5.97 Å². The first-order valence-electron chi connectivity index (χ1n) is 9.01. The summed E-state index contributed by atoms with van der Waals surface area (Å²) >= 11 is 0. The monoisotopic (exact) mass is 360 g/mol. The van der Waals surface area contributed by atoms with E-state index >= 15 is 0 Å². The fourth-order valence-corrected chi connectivity index (χ4v) is 3.14. The summed E-state index contributed by atoms with van der Waals surface area (Å²) in [4.78, 5) is 23.7.